The summed E-state index contributed by atoms with van der Waals surface area (Å²) in [5, 5.41) is 0.859. The number of aryl methyl sites for hydroxylation is 1. The van der Waals surface area contributed by atoms with Crippen molar-refractivity contribution in [3.8, 4) is 17.2 Å². The summed E-state index contributed by atoms with van der Waals surface area (Å²) < 4.78 is 11.5. The fourth-order valence-corrected chi connectivity index (χ4v) is 2.21. The van der Waals surface area contributed by atoms with Gasteiger partial charge >= 0.3 is 0 Å². The first-order chi connectivity index (χ1) is 9.72. The molecule has 2 aromatic carbocycles. The van der Waals surface area contributed by atoms with Gasteiger partial charge in [-0.15, -0.1) is 0 Å². The molecule has 2 aromatic rings. The second-order valence-corrected chi connectivity index (χ2v) is 5.22. The van der Waals surface area contributed by atoms with Gasteiger partial charge in [0.2, 0.25) is 0 Å². The first kappa shape index (κ1) is 14.9. The summed E-state index contributed by atoms with van der Waals surface area (Å²) in [7, 11) is 0. The Balaban J connectivity index is 2.06. The molecule has 0 radical (unpaired) electrons. The van der Waals surface area contributed by atoms with Crippen LogP contribution in [0.25, 0.3) is 0 Å². The molecule has 0 aromatic heterocycles. The Hall–Kier alpha value is -1.48. The van der Waals surface area contributed by atoms with Gasteiger partial charge in [0, 0.05) is 5.33 Å². The van der Waals surface area contributed by atoms with Gasteiger partial charge in [-0.05, 0) is 54.8 Å². The average molecular weight is 335 g/mol. The zero-order valence-corrected chi connectivity index (χ0v) is 13.4. The molecule has 106 valence electrons. The van der Waals surface area contributed by atoms with Crippen molar-refractivity contribution in [2.45, 2.75) is 25.6 Å². The Morgan fingerprint density at radius 3 is 2.30 bits per heavy atom. The maximum Gasteiger partial charge on any atom is 0.130 e. The molecule has 0 unspecified atom stereocenters. The third kappa shape index (κ3) is 4.01. The predicted molar refractivity (Wildman–Crippen MR) is 86.1 cm³/mol. The lowest BCUT2D eigenvalue weighted by molar-refractivity contribution is 0.317. The van der Waals surface area contributed by atoms with E-state index in [4.69, 9.17) is 9.47 Å². The monoisotopic (exact) mass is 334 g/mol. The van der Waals surface area contributed by atoms with Gasteiger partial charge in [-0.3, -0.25) is 0 Å². The quantitative estimate of drug-likeness (QED) is 0.652. The van der Waals surface area contributed by atoms with E-state index in [9.17, 15) is 0 Å². The average Bonchev–Trinajstić information content (AvgIpc) is 2.48. The van der Waals surface area contributed by atoms with Crippen LogP contribution < -0.4 is 9.47 Å². The number of rotatable bonds is 6. The molecule has 0 aliphatic rings. The molecule has 0 aliphatic heterocycles. The van der Waals surface area contributed by atoms with Gasteiger partial charge in [0.25, 0.3) is 0 Å². The molecule has 0 N–H and O–H groups in total. The van der Waals surface area contributed by atoms with Crippen LogP contribution in [0.3, 0.4) is 0 Å². The summed E-state index contributed by atoms with van der Waals surface area (Å²) in [5.41, 5.74) is 2.38. The van der Waals surface area contributed by atoms with Crippen LogP contribution >= 0.6 is 15.9 Å². The smallest absolute Gasteiger partial charge is 0.130 e. The second kappa shape index (κ2) is 7.34. The lowest BCUT2D eigenvalue weighted by atomic mass is 10.1. The summed E-state index contributed by atoms with van der Waals surface area (Å²) in [5.74, 6) is 2.59. The summed E-state index contributed by atoms with van der Waals surface area (Å²) in [6.07, 6.45) is 1.01. The van der Waals surface area contributed by atoms with Gasteiger partial charge in [-0.1, -0.05) is 35.0 Å². The van der Waals surface area contributed by atoms with E-state index < -0.39 is 0 Å². The number of ether oxygens (including phenoxy) is 2. The molecule has 2 nitrogen and oxygen atoms in total. The third-order valence-corrected chi connectivity index (χ3v) is 3.57. The molecule has 20 heavy (non-hydrogen) atoms. The Morgan fingerprint density at radius 1 is 1.00 bits per heavy atom. The lowest BCUT2D eigenvalue weighted by Crippen LogP contribution is -1.94. The van der Waals surface area contributed by atoms with E-state index in [2.05, 4.69) is 41.9 Å². The third-order valence-electron chi connectivity index (χ3n) is 2.92. The predicted octanol–water partition coefficient (Wildman–Crippen LogP) is 5.47. The highest BCUT2D eigenvalue weighted by Crippen LogP contribution is 2.27. The fourth-order valence-electron chi connectivity index (χ4n) is 1.86. The van der Waals surface area contributed by atoms with Crippen molar-refractivity contribution in [2.75, 3.05) is 6.61 Å². The molecule has 0 fully saturated rings. The number of alkyl halides is 1. The summed E-state index contributed by atoms with van der Waals surface area (Å²) in [4.78, 5) is 0. The summed E-state index contributed by atoms with van der Waals surface area (Å²) >= 11 is 3.46. The van der Waals surface area contributed by atoms with Crippen LogP contribution in [0.5, 0.6) is 17.2 Å². The van der Waals surface area contributed by atoms with Crippen LogP contribution in [0, 0.1) is 6.92 Å². The highest BCUT2D eigenvalue weighted by Gasteiger charge is 2.03. The van der Waals surface area contributed by atoms with E-state index in [1.807, 2.05) is 30.3 Å². The number of hydrogen-bond donors (Lipinski definition) is 0. The fraction of sp³-hybridized carbons (Fsp3) is 0.294. The first-order valence-electron chi connectivity index (χ1n) is 6.79. The summed E-state index contributed by atoms with van der Waals surface area (Å²) in [6, 6.07) is 13.9. The van der Waals surface area contributed by atoms with Crippen LogP contribution in [0.1, 0.15) is 24.5 Å². The summed E-state index contributed by atoms with van der Waals surface area (Å²) in [6.45, 7) is 4.89. The lowest BCUT2D eigenvalue weighted by Gasteiger charge is -2.10. The SMILES string of the molecule is CCCOc1ccc(Oc2ccc(CBr)cc2C)cc1. The maximum absolute atomic E-state index is 5.90. The zero-order valence-electron chi connectivity index (χ0n) is 11.9. The highest BCUT2D eigenvalue weighted by molar-refractivity contribution is 9.08. The Kier molecular flexibility index (Phi) is 5.48. The largest absolute Gasteiger partial charge is 0.494 e. The van der Waals surface area contributed by atoms with E-state index >= 15 is 0 Å². The van der Waals surface area contributed by atoms with Crippen molar-refractivity contribution in [2.24, 2.45) is 0 Å². The molecule has 0 saturated heterocycles. The Labute approximate surface area is 128 Å². The van der Waals surface area contributed by atoms with E-state index in [-0.39, 0.29) is 0 Å². The van der Waals surface area contributed by atoms with Crippen molar-refractivity contribution in [1.82, 2.24) is 0 Å². The van der Waals surface area contributed by atoms with Gasteiger partial charge < -0.3 is 9.47 Å². The van der Waals surface area contributed by atoms with Crippen LogP contribution in [-0.4, -0.2) is 6.61 Å². The minimum Gasteiger partial charge on any atom is -0.494 e. The van der Waals surface area contributed by atoms with Crippen LogP contribution in [0.4, 0.5) is 0 Å². The van der Waals surface area contributed by atoms with Crippen LogP contribution in [0.2, 0.25) is 0 Å². The maximum atomic E-state index is 5.90. The molecular formula is C17H19BrO2. The van der Waals surface area contributed by atoms with Gasteiger partial charge in [0.1, 0.15) is 17.2 Å². The Morgan fingerprint density at radius 2 is 1.70 bits per heavy atom. The Bertz CT molecular complexity index is 549. The number of halogens is 1. The molecular weight excluding hydrogens is 316 g/mol. The van der Waals surface area contributed by atoms with Crippen molar-refractivity contribution in [3.63, 3.8) is 0 Å². The molecule has 0 aliphatic carbocycles. The van der Waals surface area contributed by atoms with Crippen molar-refractivity contribution >= 4 is 15.9 Å². The van der Waals surface area contributed by atoms with Gasteiger partial charge in [0.05, 0.1) is 6.61 Å². The molecule has 0 bridgehead atoms. The minimum atomic E-state index is 0.743. The molecule has 2 rings (SSSR count). The van der Waals surface area contributed by atoms with Crippen LogP contribution in [-0.2, 0) is 5.33 Å². The van der Waals surface area contributed by atoms with Gasteiger partial charge in [-0.25, -0.2) is 0 Å². The highest BCUT2D eigenvalue weighted by atomic mass is 79.9. The second-order valence-electron chi connectivity index (χ2n) is 4.66. The standard InChI is InChI=1S/C17H19BrO2/c1-3-10-19-15-5-7-16(8-6-15)20-17-9-4-14(12-18)11-13(17)2/h4-9,11H,3,10,12H2,1-2H3. The van der Waals surface area contributed by atoms with Gasteiger partial charge in [0.15, 0.2) is 0 Å². The van der Waals surface area contributed by atoms with Crippen molar-refractivity contribution in [3.05, 3.63) is 53.6 Å². The molecule has 3 heteroatoms. The molecule has 0 saturated carbocycles. The zero-order chi connectivity index (χ0) is 14.4. The van der Waals surface area contributed by atoms with Gasteiger partial charge in [-0.2, -0.15) is 0 Å². The van der Waals surface area contributed by atoms with Crippen molar-refractivity contribution in [1.29, 1.82) is 0 Å². The molecule has 0 atom stereocenters. The van der Waals surface area contributed by atoms with Crippen molar-refractivity contribution < 1.29 is 9.47 Å². The molecule has 0 heterocycles. The number of hydrogen-bond acceptors (Lipinski definition) is 2. The normalized spacial score (nSPS) is 10.3. The topological polar surface area (TPSA) is 18.5 Å². The number of benzene rings is 2. The molecule has 0 amide bonds. The van der Waals surface area contributed by atoms with E-state index in [0.717, 1.165) is 41.2 Å². The van der Waals surface area contributed by atoms with Crippen LogP contribution in [0.15, 0.2) is 42.5 Å². The van der Waals surface area contributed by atoms with E-state index in [1.54, 1.807) is 0 Å². The van der Waals surface area contributed by atoms with E-state index in [0.29, 0.717) is 0 Å². The van der Waals surface area contributed by atoms with E-state index in [1.165, 1.54) is 5.56 Å². The molecule has 0 spiro atoms. The minimum absolute atomic E-state index is 0.743. The first-order valence-corrected chi connectivity index (χ1v) is 7.91.